The van der Waals surface area contributed by atoms with Gasteiger partial charge in [-0.15, -0.1) is 0 Å². The highest BCUT2D eigenvalue weighted by Gasteiger charge is 2.62. The SMILES string of the molecule is CC1C=C2CC3(O)CC(CC23)C1(O)CC=O. The fourth-order valence-corrected chi connectivity index (χ4v) is 4.07. The molecule has 0 aromatic heterocycles. The molecule has 3 aliphatic carbocycles. The monoisotopic (exact) mass is 222 g/mol. The van der Waals surface area contributed by atoms with Gasteiger partial charge in [-0.3, -0.25) is 0 Å². The summed E-state index contributed by atoms with van der Waals surface area (Å²) >= 11 is 0. The molecule has 88 valence electrons. The lowest BCUT2D eigenvalue weighted by Crippen LogP contribution is -2.49. The van der Waals surface area contributed by atoms with Crippen molar-refractivity contribution in [2.24, 2.45) is 17.8 Å². The summed E-state index contributed by atoms with van der Waals surface area (Å²) in [4.78, 5) is 10.7. The highest BCUT2D eigenvalue weighted by molar-refractivity contribution is 5.52. The summed E-state index contributed by atoms with van der Waals surface area (Å²) in [5, 5.41) is 21.0. The minimum atomic E-state index is -0.938. The second-order valence-electron chi connectivity index (χ2n) is 5.86. The summed E-state index contributed by atoms with van der Waals surface area (Å²) in [6.45, 7) is 1.98. The minimum absolute atomic E-state index is 0.0209. The molecule has 0 aromatic rings. The van der Waals surface area contributed by atoms with Crippen LogP contribution in [0.4, 0.5) is 0 Å². The fraction of sp³-hybridized carbons (Fsp3) is 0.769. The van der Waals surface area contributed by atoms with E-state index in [0.717, 1.165) is 19.1 Å². The number of fused-ring (bicyclic) bond motifs is 1. The van der Waals surface area contributed by atoms with Gasteiger partial charge in [0.25, 0.3) is 0 Å². The van der Waals surface area contributed by atoms with Gasteiger partial charge in [0.2, 0.25) is 0 Å². The number of hydrogen-bond donors (Lipinski definition) is 2. The average molecular weight is 222 g/mol. The van der Waals surface area contributed by atoms with Crippen molar-refractivity contribution in [2.45, 2.75) is 43.8 Å². The Hall–Kier alpha value is -0.670. The number of hydrogen-bond acceptors (Lipinski definition) is 3. The predicted octanol–water partition coefficient (Wildman–Crippen LogP) is 1.04. The first-order chi connectivity index (χ1) is 7.49. The zero-order chi connectivity index (χ0) is 11.6. The predicted molar refractivity (Wildman–Crippen MR) is 58.7 cm³/mol. The van der Waals surface area contributed by atoms with Gasteiger partial charge in [0.05, 0.1) is 11.2 Å². The van der Waals surface area contributed by atoms with E-state index in [1.54, 1.807) is 0 Å². The molecular formula is C13H18O3. The van der Waals surface area contributed by atoms with E-state index < -0.39 is 11.2 Å². The fourth-order valence-electron chi connectivity index (χ4n) is 4.07. The second kappa shape index (κ2) is 2.96. The van der Waals surface area contributed by atoms with E-state index in [2.05, 4.69) is 6.08 Å². The van der Waals surface area contributed by atoms with E-state index in [4.69, 9.17) is 0 Å². The number of aliphatic hydroxyl groups is 2. The van der Waals surface area contributed by atoms with Crippen molar-refractivity contribution >= 4 is 6.29 Å². The number of rotatable bonds is 2. The smallest absolute Gasteiger partial charge is 0.122 e. The molecule has 0 heterocycles. The van der Waals surface area contributed by atoms with Crippen LogP contribution >= 0.6 is 0 Å². The topological polar surface area (TPSA) is 57.5 Å². The molecule has 5 unspecified atom stereocenters. The van der Waals surface area contributed by atoms with Crippen LogP contribution in [-0.2, 0) is 4.79 Å². The van der Waals surface area contributed by atoms with Crippen molar-refractivity contribution in [2.75, 3.05) is 0 Å². The van der Waals surface area contributed by atoms with Crippen molar-refractivity contribution in [3.05, 3.63) is 11.6 Å². The Morgan fingerprint density at radius 2 is 2.31 bits per heavy atom. The molecule has 16 heavy (non-hydrogen) atoms. The van der Waals surface area contributed by atoms with E-state index in [1.165, 1.54) is 5.57 Å². The summed E-state index contributed by atoms with van der Waals surface area (Å²) in [7, 11) is 0. The molecule has 2 saturated carbocycles. The Morgan fingerprint density at radius 1 is 1.56 bits per heavy atom. The molecule has 0 amide bonds. The molecule has 0 radical (unpaired) electrons. The van der Waals surface area contributed by atoms with E-state index in [-0.39, 0.29) is 24.2 Å². The zero-order valence-corrected chi connectivity index (χ0v) is 9.52. The number of aldehydes is 1. The first-order valence-corrected chi connectivity index (χ1v) is 6.08. The highest BCUT2D eigenvalue weighted by atomic mass is 16.3. The van der Waals surface area contributed by atoms with Gasteiger partial charge in [0, 0.05) is 18.3 Å². The molecular weight excluding hydrogens is 204 g/mol. The Kier molecular flexibility index (Phi) is 1.94. The Labute approximate surface area is 95.2 Å². The van der Waals surface area contributed by atoms with Crippen molar-refractivity contribution in [1.29, 1.82) is 0 Å². The largest absolute Gasteiger partial charge is 0.389 e. The van der Waals surface area contributed by atoms with Crippen LogP contribution in [0.25, 0.3) is 0 Å². The van der Waals surface area contributed by atoms with Gasteiger partial charge >= 0.3 is 0 Å². The molecule has 3 nitrogen and oxygen atoms in total. The first kappa shape index (κ1) is 10.5. The lowest BCUT2D eigenvalue weighted by atomic mass is 9.64. The van der Waals surface area contributed by atoms with Crippen LogP contribution in [-0.4, -0.2) is 27.7 Å². The molecule has 0 aromatic carbocycles. The minimum Gasteiger partial charge on any atom is -0.389 e. The van der Waals surface area contributed by atoms with Gasteiger partial charge in [-0.05, 0) is 25.2 Å². The molecule has 3 rings (SSSR count). The van der Waals surface area contributed by atoms with Crippen LogP contribution in [0, 0.1) is 17.8 Å². The summed E-state index contributed by atoms with van der Waals surface area (Å²) in [6.07, 6.45) is 5.35. The van der Waals surface area contributed by atoms with E-state index >= 15 is 0 Å². The Bertz CT molecular complexity index is 375. The van der Waals surface area contributed by atoms with Gasteiger partial charge < -0.3 is 15.0 Å². The van der Waals surface area contributed by atoms with Crippen molar-refractivity contribution in [3.63, 3.8) is 0 Å². The molecule has 3 aliphatic rings. The first-order valence-electron chi connectivity index (χ1n) is 6.08. The summed E-state index contributed by atoms with van der Waals surface area (Å²) in [5.74, 6) is 0.340. The third-order valence-corrected chi connectivity index (χ3v) is 5.10. The number of carbonyl (C=O) groups excluding carboxylic acids is 1. The molecule has 3 heteroatoms. The molecule has 2 fully saturated rings. The Balaban J connectivity index is 2.01. The maximum Gasteiger partial charge on any atom is 0.122 e. The van der Waals surface area contributed by atoms with Crippen LogP contribution in [0.5, 0.6) is 0 Å². The molecule has 2 bridgehead atoms. The van der Waals surface area contributed by atoms with Crippen LogP contribution in [0.15, 0.2) is 11.6 Å². The maximum atomic E-state index is 10.7. The third-order valence-electron chi connectivity index (χ3n) is 5.10. The maximum absolute atomic E-state index is 10.7. The third kappa shape index (κ3) is 1.08. The van der Waals surface area contributed by atoms with Gasteiger partial charge in [-0.1, -0.05) is 18.6 Å². The van der Waals surface area contributed by atoms with Crippen LogP contribution in [0.2, 0.25) is 0 Å². The summed E-state index contributed by atoms with van der Waals surface area (Å²) in [6, 6.07) is 0. The zero-order valence-electron chi connectivity index (χ0n) is 9.52. The average Bonchev–Trinajstić information content (AvgIpc) is 2.44. The van der Waals surface area contributed by atoms with Crippen LogP contribution < -0.4 is 0 Å². The molecule has 2 N–H and O–H groups in total. The molecule has 0 saturated heterocycles. The van der Waals surface area contributed by atoms with Crippen LogP contribution in [0.3, 0.4) is 0 Å². The lowest BCUT2D eigenvalue weighted by Gasteiger charge is -2.46. The van der Waals surface area contributed by atoms with E-state index in [0.29, 0.717) is 6.42 Å². The quantitative estimate of drug-likeness (QED) is 0.542. The van der Waals surface area contributed by atoms with E-state index in [1.807, 2.05) is 6.92 Å². The second-order valence-corrected chi connectivity index (χ2v) is 5.86. The van der Waals surface area contributed by atoms with Crippen molar-refractivity contribution < 1.29 is 15.0 Å². The lowest BCUT2D eigenvalue weighted by molar-refractivity contribution is -0.119. The highest BCUT2D eigenvalue weighted by Crippen LogP contribution is 2.62. The van der Waals surface area contributed by atoms with Crippen molar-refractivity contribution in [3.8, 4) is 0 Å². The van der Waals surface area contributed by atoms with Crippen LogP contribution in [0.1, 0.15) is 32.6 Å². The molecule has 5 atom stereocenters. The summed E-state index contributed by atoms with van der Waals surface area (Å²) in [5.41, 5.74) is -0.223. The Morgan fingerprint density at radius 3 is 3.00 bits per heavy atom. The van der Waals surface area contributed by atoms with Gasteiger partial charge in [-0.2, -0.15) is 0 Å². The van der Waals surface area contributed by atoms with Gasteiger partial charge in [0.15, 0.2) is 0 Å². The normalized spacial score (nSPS) is 53.9. The standard InChI is InChI=1S/C13H18O3/c1-8-4-9-6-12(15)7-10(5-11(9)12)13(8,16)2-3-14/h3-4,8,10-11,15-16H,2,5-7H2,1H3. The van der Waals surface area contributed by atoms with Gasteiger partial charge in [0.1, 0.15) is 6.29 Å². The summed E-state index contributed by atoms with van der Waals surface area (Å²) < 4.78 is 0. The molecule has 0 spiro atoms. The van der Waals surface area contributed by atoms with Crippen molar-refractivity contribution in [1.82, 2.24) is 0 Å². The molecule has 0 aliphatic heterocycles. The number of carbonyl (C=O) groups is 1. The van der Waals surface area contributed by atoms with E-state index in [9.17, 15) is 15.0 Å². The van der Waals surface area contributed by atoms with Gasteiger partial charge in [-0.25, -0.2) is 0 Å².